The molecule has 0 aliphatic carbocycles. The Kier molecular flexibility index (Phi) is 4.40. The molecule has 0 atom stereocenters. The molecule has 110 valence electrons. The van der Waals surface area contributed by atoms with Crippen LogP contribution < -0.4 is 10.5 Å². The van der Waals surface area contributed by atoms with Gasteiger partial charge in [-0.05, 0) is 52.7 Å². The maximum Gasteiger partial charge on any atom is 0.258 e. The van der Waals surface area contributed by atoms with Crippen LogP contribution >= 0.6 is 15.9 Å². The molecule has 0 spiro atoms. The van der Waals surface area contributed by atoms with E-state index in [1.54, 1.807) is 31.3 Å². The third-order valence-corrected chi connectivity index (χ3v) is 4.33. The predicted octanol–water partition coefficient (Wildman–Crippen LogP) is 2.05. The fourth-order valence-corrected chi connectivity index (χ4v) is 2.63. The van der Waals surface area contributed by atoms with Crippen LogP contribution in [0.2, 0.25) is 0 Å². The van der Waals surface area contributed by atoms with Gasteiger partial charge in [0.05, 0.1) is 10.5 Å². The van der Waals surface area contributed by atoms with Gasteiger partial charge in [0.25, 0.3) is 5.91 Å². The van der Waals surface area contributed by atoms with Crippen LogP contribution in [0.25, 0.3) is 0 Å². The Hall–Kier alpha value is -1.77. The van der Waals surface area contributed by atoms with Gasteiger partial charge in [-0.3, -0.25) is 4.79 Å². The number of sulfonamides is 1. The number of aryl methyl sites for hydroxylation is 1. The van der Waals surface area contributed by atoms with Crippen LogP contribution in [-0.2, 0) is 10.0 Å². The Morgan fingerprint density at radius 2 is 2.05 bits per heavy atom. The largest absolute Gasteiger partial charge is 0.322 e. The highest BCUT2D eigenvalue weighted by molar-refractivity contribution is 9.10. The zero-order valence-corrected chi connectivity index (χ0v) is 13.4. The minimum Gasteiger partial charge on any atom is -0.322 e. The molecular weight excluding hydrogens is 358 g/mol. The second-order valence-electron chi connectivity index (χ2n) is 4.32. The summed E-state index contributed by atoms with van der Waals surface area (Å²) in [5.41, 5.74) is 1.44. The highest BCUT2D eigenvalue weighted by Crippen LogP contribution is 2.21. The summed E-state index contributed by atoms with van der Waals surface area (Å²) < 4.78 is 23.1. The molecule has 0 unspecified atom stereocenters. The molecule has 1 amide bonds. The van der Waals surface area contributed by atoms with E-state index in [0.717, 1.165) is 5.56 Å². The minimum absolute atomic E-state index is 0.0614. The lowest BCUT2D eigenvalue weighted by atomic mass is 10.2. The van der Waals surface area contributed by atoms with Crippen molar-refractivity contribution in [2.45, 2.75) is 11.8 Å². The zero-order valence-electron chi connectivity index (χ0n) is 11.0. The van der Waals surface area contributed by atoms with Gasteiger partial charge in [0.15, 0.2) is 0 Å². The second kappa shape index (κ2) is 5.92. The fraction of sp³-hybridized carbons (Fsp3) is 0.0769. The highest BCUT2D eigenvalue weighted by Gasteiger charge is 2.14. The van der Waals surface area contributed by atoms with E-state index in [1.807, 2.05) is 0 Å². The second-order valence-corrected chi connectivity index (χ2v) is 6.63. The van der Waals surface area contributed by atoms with Crippen LogP contribution in [0.3, 0.4) is 0 Å². The maximum absolute atomic E-state index is 12.2. The molecule has 0 saturated carbocycles. The Morgan fingerprint density at radius 1 is 1.33 bits per heavy atom. The van der Waals surface area contributed by atoms with E-state index < -0.39 is 15.9 Å². The number of hydrogen-bond donors (Lipinski definition) is 2. The molecule has 0 aliphatic heterocycles. The molecule has 1 aromatic carbocycles. The standard InChI is InChI=1S/C13H12BrN3O3S/c1-8-4-5-9(21(15,19)20)7-11(8)17-13(18)10-3-2-6-16-12(10)14/h2-7H,1H3,(H,17,18)(H2,15,19,20). The molecule has 0 radical (unpaired) electrons. The van der Waals surface area contributed by atoms with Gasteiger partial charge in [-0.15, -0.1) is 0 Å². The quantitative estimate of drug-likeness (QED) is 0.808. The Bertz CT molecular complexity index is 806. The molecule has 0 aliphatic rings. The lowest BCUT2D eigenvalue weighted by molar-refractivity contribution is 0.102. The molecule has 21 heavy (non-hydrogen) atoms. The number of nitrogens with two attached hydrogens (primary N) is 1. The first kappa shape index (κ1) is 15.6. The molecular formula is C13H12BrN3O3S. The third-order valence-electron chi connectivity index (χ3n) is 2.79. The van der Waals surface area contributed by atoms with E-state index in [9.17, 15) is 13.2 Å². The van der Waals surface area contributed by atoms with Crippen LogP contribution in [0.1, 0.15) is 15.9 Å². The van der Waals surface area contributed by atoms with Crippen molar-refractivity contribution in [2.75, 3.05) is 5.32 Å². The number of anilines is 1. The van der Waals surface area contributed by atoms with Gasteiger partial charge in [-0.25, -0.2) is 18.5 Å². The Labute approximate surface area is 130 Å². The third kappa shape index (κ3) is 3.66. The van der Waals surface area contributed by atoms with Crippen molar-refractivity contribution in [3.8, 4) is 0 Å². The number of halogens is 1. The van der Waals surface area contributed by atoms with Gasteiger partial charge in [0.1, 0.15) is 4.60 Å². The monoisotopic (exact) mass is 369 g/mol. The van der Waals surface area contributed by atoms with E-state index in [0.29, 0.717) is 15.9 Å². The molecule has 6 nitrogen and oxygen atoms in total. The Morgan fingerprint density at radius 3 is 2.67 bits per heavy atom. The summed E-state index contributed by atoms with van der Waals surface area (Å²) in [6, 6.07) is 7.53. The number of rotatable bonds is 3. The van der Waals surface area contributed by atoms with E-state index in [-0.39, 0.29) is 4.90 Å². The summed E-state index contributed by atoms with van der Waals surface area (Å²) in [7, 11) is -3.82. The number of hydrogen-bond acceptors (Lipinski definition) is 4. The van der Waals surface area contributed by atoms with Crippen LogP contribution in [0.15, 0.2) is 46.0 Å². The minimum atomic E-state index is -3.82. The van der Waals surface area contributed by atoms with Crippen molar-refractivity contribution in [3.63, 3.8) is 0 Å². The normalized spacial score (nSPS) is 11.2. The van der Waals surface area contributed by atoms with Crippen molar-refractivity contribution in [1.29, 1.82) is 0 Å². The average Bonchev–Trinajstić information content (AvgIpc) is 2.40. The average molecular weight is 370 g/mol. The smallest absolute Gasteiger partial charge is 0.258 e. The molecule has 1 heterocycles. The van der Waals surface area contributed by atoms with Gasteiger partial charge >= 0.3 is 0 Å². The summed E-state index contributed by atoms with van der Waals surface area (Å²) >= 11 is 3.19. The number of carbonyl (C=O) groups excluding carboxylic acids is 1. The first-order valence-electron chi connectivity index (χ1n) is 5.84. The van der Waals surface area contributed by atoms with Crippen molar-refractivity contribution in [3.05, 3.63) is 52.3 Å². The number of carbonyl (C=O) groups is 1. The van der Waals surface area contributed by atoms with E-state index in [4.69, 9.17) is 5.14 Å². The number of amides is 1. The number of benzene rings is 1. The number of nitrogens with one attached hydrogen (secondary N) is 1. The number of primary sulfonamides is 1. The van der Waals surface area contributed by atoms with E-state index >= 15 is 0 Å². The summed E-state index contributed by atoms with van der Waals surface area (Å²) in [6.45, 7) is 1.75. The molecule has 2 rings (SSSR count). The molecule has 2 aromatic rings. The van der Waals surface area contributed by atoms with Gasteiger partial charge in [-0.2, -0.15) is 0 Å². The molecule has 0 fully saturated rings. The Balaban J connectivity index is 2.36. The van der Waals surface area contributed by atoms with Crippen LogP contribution in [0, 0.1) is 6.92 Å². The van der Waals surface area contributed by atoms with Crippen molar-refractivity contribution in [2.24, 2.45) is 5.14 Å². The fourth-order valence-electron chi connectivity index (χ4n) is 1.66. The van der Waals surface area contributed by atoms with Crippen LogP contribution in [0.4, 0.5) is 5.69 Å². The number of pyridine rings is 1. The summed E-state index contributed by atoms with van der Waals surface area (Å²) in [6.07, 6.45) is 1.55. The molecule has 0 bridgehead atoms. The van der Waals surface area contributed by atoms with Gasteiger partial charge in [-0.1, -0.05) is 6.07 Å². The maximum atomic E-state index is 12.2. The highest BCUT2D eigenvalue weighted by atomic mass is 79.9. The first-order chi connectivity index (χ1) is 9.79. The summed E-state index contributed by atoms with van der Waals surface area (Å²) in [5.74, 6) is -0.398. The first-order valence-corrected chi connectivity index (χ1v) is 8.18. The molecule has 0 saturated heterocycles. The number of aromatic nitrogens is 1. The van der Waals surface area contributed by atoms with Crippen LogP contribution in [0.5, 0.6) is 0 Å². The molecule has 3 N–H and O–H groups in total. The SMILES string of the molecule is Cc1ccc(S(N)(=O)=O)cc1NC(=O)c1cccnc1Br. The predicted molar refractivity (Wildman–Crippen MR) is 82.4 cm³/mol. The lowest BCUT2D eigenvalue weighted by Gasteiger charge is -2.10. The zero-order chi connectivity index (χ0) is 15.6. The lowest BCUT2D eigenvalue weighted by Crippen LogP contribution is -2.16. The molecule has 1 aromatic heterocycles. The summed E-state index contributed by atoms with van der Waals surface area (Å²) in [5, 5.41) is 7.73. The topological polar surface area (TPSA) is 102 Å². The summed E-state index contributed by atoms with van der Waals surface area (Å²) in [4.78, 5) is 16.1. The van der Waals surface area contributed by atoms with Gasteiger partial charge in [0, 0.05) is 11.9 Å². The van der Waals surface area contributed by atoms with E-state index in [1.165, 1.54) is 12.1 Å². The van der Waals surface area contributed by atoms with Gasteiger partial charge < -0.3 is 5.32 Å². The van der Waals surface area contributed by atoms with Crippen molar-refractivity contribution < 1.29 is 13.2 Å². The molecule has 8 heteroatoms. The van der Waals surface area contributed by atoms with Crippen molar-refractivity contribution >= 4 is 37.5 Å². The number of nitrogens with zero attached hydrogens (tertiary/aromatic N) is 1. The van der Waals surface area contributed by atoms with Gasteiger partial charge in [0.2, 0.25) is 10.0 Å². The van der Waals surface area contributed by atoms with E-state index in [2.05, 4.69) is 26.2 Å². The van der Waals surface area contributed by atoms with Crippen molar-refractivity contribution in [1.82, 2.24) is 4.98 Å². The van der Waals surface area contributed by atoms with Crippen LogP contribution in [-0.4, -0.2) is 19.3 Å².